The van der Waals surface area contributed by atoms with Crippen molar-refractivity contribution in [3.8, 4) is 0 Å². The summed E-state index contributed by atoms with van der Waals surface area (Å²) in [5.74, 6) is 0. The molecule has 0 saturated heterocycles. The normalized spacial score (nSPS) is 11.0. The molecule has 0 aliphatic carbocycles. The minimum atomic E-state index is 0.505. The van der Waals surface area contributed by atoms with Gasteiger partial charge in [0.15, 0.2) is 0 Å². The third-order valence-corrected chi connectivity index (χ3v) is 2.78. The molecule has 0 fully saturated rings. The van der Waals surface area contributed by atoms with Crippen molar-refractivity contribution in [2.75, 3.05) is 0 Å². The van der Waals surface area contributed by atoms with Crippen molar-refractivity contribution in [3.63, 3.8) is 0 Å². The smallest absolute Gasteiger partial charge is 0.140 e. The van der Waals surface area contributed by atoms with Crippen LogP contribution in [0.3, 0.4) is 0 Å². The van der Waals surface area contributed by atoms with E-state index in [4.69, 9.17) is 11.6 Å². The fourth-order valence-electron chi connectivity index (χ4n) is 1.77. The van der Waals surface area contributed by atoms with Gasteiger partial charge >= 0.3 is 0 Å². The summed E-state index contributed by atoms with van der Waals surface area (Å²) >= 11 is 6.01. The van der Waals surface area contributed by atoms with Crippen molar-refractivity contribution in [1.29, 1.82) is 0 Å². The molecule has 72 valence electrons. The first kappa shape index (κ1) is 8.62. The van der Waals surface area contributed by atoms with Crippen LogP contribution >= 0.6 is 11.6 Å². The van der Waals surface area contributed by atoms with Crippen LogP contribution in [-0.2, 0) is 0 Å². The number of hydrogen-bond donors (Lipinski definition) is 0. The lowest BCUT2D eigenvalue weighted by Gasteiger charge is -2.02. The molecule has 0 spiro atoms. The zero-order valence-electron chi connectivity index (χ0n) is 7.81. The van der Waals surface area contributed by atoms with E-state index < -0.39 is 0 Å². The second-order valence-corrected chi connectivity index (χ2v) is 3.71. The van der Waals surface area contributed by atoms with Crippen LogP contribution in [0.25, 0.3) is 21.7 Å². The number of benzene rings is 2. The molecule has 0 unspecified atom stereocenters. The molecule has 1 aromatic heterocycles. The van der Waals surface area contributed by atoms with Gasteiger partial charge in [-0.15, -0.1) is 0 Å². The van der Waals surface area contributed by atoms with Crippen LogP contribution in [0, 0.1) is 0 Å². The average molecular weight is 215 g/mol. The number of halogens is 1. The summed E-state index contributed by atoms with van der Waals surface area (Å²) in [6.07, 6.45) is 1.50. The fourth-order valence-corrected chi connectivity index (χ4v) is 1.96. The summed E-state index contributed by atoms with van der Waals surface area (Å²) in [7, 11) is 0. The van der Waals surface area contributed by atoms with E-state index in [1.54, 1.807) is 0 Å². The molecule has 2 nitrogen and oxygen atoms in total. The van der Waals surface area contributed by atoms with Crippen LogP contribution in [0.4, 0.5) is 0 Å². The van der Waals surface area contributed by atoms with Crippen molar-refractivity contribution in [2.24, 2.45) is 0 Å². The molecule has 15 heavy (non-hydrogen) atoms. The monoisotopic (exact) mass is 214 g/mol. The van der Waals surface area contributed by atoms with Gasteiger partial charge in [0.25, 0.3) is 0 Å². The molecule has 3 rings (SSSR count). The van der Waals surface area contributed by atoms with E-state index in [1.807, 2.05) is 30.3 Å². The van der Waals surface area contributed by atoms with Crippen molar-refractivity contribution in [2.45, 2.75) is 0 Å². The number of fused-ring (bicyclic) bond motifs is 3. The van der Waals surface area contributed by atoms with Gasteiger partial charge in [-0.2, -0.15) is 0 Å². The summed E-state index contributed by atoms with van der Waals surface area (Å²) in [5, 5.41) is 3.68. The average Bonchev–Trinajstić information content (AvgIpc) is 2.29. The van der Waals surface area contributed by atoms with E-state index in [0.717, 1.165) is 16.3 Å². The van der Waals surface area contributed by atoms with Crippen LogP contribution in [0.1, 0.15) is 0 Å². The van der Waals surface area contributed by atoms with Crippen LogP contribution in [0.2, 0.25) is 5.15 Å². The highest BCUT2D eigenvalue weighted by Crippen LogP contribution is 2.26. The molecule has 3 heteroatoms. The summed E-state index contributed by atoms with van der Waals surface area (Å²) in [4.78, 5) is 8.24. The topological polar surface area (TPSA) is 25.8 Å². The summed E-state index contributed by atoms with van der Waals surface area (Å²) in [6.45, 7) is 0. The Kier molecular flexibility index (Phi) is 1.82. The SMILES string of the molecule is Clc1ncnc2c1ccc1ccccc12. The molecule has 3 aromatic rings. The molecule has 0 radical (unpaired) electrons. The molecule has 2 aromatic carbocycles. The largest absolute Gasteiger partial charge is 0.236 e. The Balaban J connectivity index is 2.60. The molecular formula is C12H7ClN2. The Bertz CT molecular complexity index is 649. The van der Waals surface area contributed by atoms with Gasteiger partial charge < -0.3 is 0 Å². The molecule has 0 atom stereocenters. The highest BCUT2D eigenvalue weighted by Gasteiger charge is 2.04. The molecular weight excluding hydrogens is 208 g/mol. The van der Waals surface area contributed by atoms with Gasteiger partial charge in [0, 0.05) is 10.8 Å². The number of rotatable bonds is 0. The maximum Gasteiger partial charge on any atom is 0.140 e. The number of hydrogen-bond acceptors (Lipinski definition) is 2. The van der Waals surface area contributed by atoms with Crippen LogP contribution in [0.15, 0.2) is 42.7 Å². The third-order valence-electron chi connectivity index (χ3n) is 2.48. The molecule has 0 aliphatic heterocycles. The Hall–Kier alpha value is -1.67. The molecule has 0 amide bonds. The van der Waals surface area contributed by atoms with Crippen LogP contribution < -0.4 is 0 Å². The van der Waals surface area contributed by atoms with E-state index in [1.165, 1.54) is 11.7 Å². The van der Waals surface area contributed by atoms with Crippen molar-refractivity contribution in [3.05, 3.63) is 47.9 Å². The second-order valence-electron chi connectivity index (χ2n) is 3.35. The van der Waals surface area contributed by atoms with E-state index in [2.05, 4.69) is 16.0 Å². The lowest BCUT2D eigenvalue weighted by Crippen LogP contribution is -1.85. The molecule has 0 saturated carbocycles. The summed E-state index contributed by atoms with van der Waals surface area (Å²) < 4.78 is 0. The Morgan fingerprint density at radius 3 is 2.67 bits per heavy atom. The second kappa shape index (κ2) is 3.17. The Labute approximate surface area is 91.5 Å². The zero-order valence-corrected chi connectivity index (χ0v) is 8.57. The molecule has 0 N–H and O–H groups in total. The van der Waals surface area contributed by atoms with Crippen molar-refractivity contribution in [1.82, 2.24) is 9.97 Å². The highest BCUT2D eigenvalue weighted by molar-refractivity contribution is 6.34. The summed E-state index contributed by atoms with van der Waals surface area (Å²) in [5.41, 5.74) is 0.910. The van der Waals surface area contributed by atoms with E-state index in [0.29, 0.717) is 5.15 Å². The Morgan fingerprint density at radius 1 is 0.867 bits per heavy atom. The molecule has 0 bridgehead atoms. The van der Waals surface area contributed by atoms with Crippen molar-refractivity contribution < 1.29 is 0 Å². The standard InChI is InChI=1S/C12H7ClN2/c13-12-10-6-5-8-3-1-2-4-9(8)11(10)14-7-15-12/h1-7H. The first-order valence-electron chi connectivity index (χ1n) is 4.64. The lowest BCUT2D eigenvalue weighted by atomic mass is 10.1. The predicted molar refractivity (Wildman–Crippen MR) is 62.1 cm³/mol. The van der Waals surface area contributed by atoms with Crippen molar-refractivity contribution >= 4 is 33.3 Å². The van der Waals surface area contributed by atoms with Gasteiger partial charge in [0.2, 0.25) is 0 Å². The lowest BCUT2D eigenvalue weighted by molar-refractivity contribution is 1.23. The first-order valence-corrected chi connectivity index (χ1v) is 5.02. The molecule has 1 heterocycles. The fraction of sp³-hybridized carbons (Fsp3) is 0. The van der Waals surface area contributed by atoms with Gasteiger partial charge in [-0.3, -0.25) is 0 Å². The van der Waals surface area contributed by atoms with E-state index in [-0.39, 0.29) is 0 Å². The van der Waals surface area contributed by atoms with E-state index in [9.17, 15) is 0 Å². The quantitative estimate of drug-likeness (QED) is 0.423. The van der Waals surface area contributed by atoms with Gasteiger partial charge in [0.05, 0.1) is 5.52 Å². The zero-order chi connectivity index (χ0) is 10.3. The number of aromatic nitrogens is 2. The Morgan fingerprint density at radius 2 is 1.73 bits per heavy atom. The predicted octanol–water partition coefficient (Wildman–Crippen LogP) is 3.44. The highest BCUT2D eigenvalue weighted by atomic mass is 35.5. The first-order chi connectivity index (χ1) is 7.36. The molecule has 0 aliphatic rings. The maximum atomic E-state index is 6.01. The minimum Gasteiger partial charge on any atom is -0.236 e. The van der Waals surface area contributed by atoms with Gasteiger partial charge in [0.1, 0.15) is 11.5 Å². The van der Waals surface area contributed by atoms with E-state index >= 15 is 0 Å². The van der Waals surface area contributed by atoms with Crippen LogP contribution in [-0.4, -0.2) is 9.97 Å². The van der Waals surface area contributed by atoms with Gasteiger partial charge in [-0.1, -0.05) is 41.9 Å². The third kappa shape index (κ3) is 1.26. The summed E-state index contributed by atoms with van der Waals surface area (Å²) in [6, 6.07) is 12.1. The van der Waals surface area contributed by atoms with Crippen LogP contribution in [0.5, 0.6) is 0 Å². The van der Waals surface area contributed by atoms with Gasteiger partial charge in [-0.05, 0) is 11.5 Å². The number of nitrogens with zero attached hydrogens (tertiary/aromatic N) is 2. The maximum absolute atomic E-state index is 6.01. The minimum absolute atomic E-state index is 0.505. The van der Waals surface area contributed by atoms with Gasteiger partial charge in [-0.25, -0.2) is 9.97 Å².